The molecule has 106 valence electrons. The molecule has 1 saturated carbocycles. The number of halogens is 1. The molecule has 0 aliphatic heterocycles. The topological polar surface area (TPSA) is 49.8 Å². The second-order valence-corrected chi connectivity index (χ2v) is 6.47. The summed E-state index contributed by atoms with van der Waals surface area (Å²) >= 11 is 6.16. The van der Waals surface area contributed by atoms with Gasteiger partial charge in [0.05, 0.1) is 6.20 Å². The maximum Gasteiger partial charge on any atom is 0.224 e. The van der Waals surface area contributed by atoms with Crippen LogP contribution in [-0.2, 0) is 0 Å². The van der Waals surface area contributed by atoms with Crippen LogP contribution < -0.4 is 10.6 Å². The van der Waals surface area contributed by atoms with Crippen molar-refractivity contribution in [2.24, 2.45) is 5.41 Å². The van der Waals surface area contributed by atoms with Gasteiger partial charge in [0.15, 0.2) is 5.82 Å². The van der Waals surface area contributed by atoms with Crippen LogP contribution in [0.4, 0.5) is 11.8 Å². The Labute approximate surface area is 120 Å². The van der Waals surface area contributed by atoms with Gasteiger partial charge in [-0.15, -0.1) is 0 Å². The Morgan fingerprint density at radius 1 is 1.47 bits per heavy atom. The fourth-order valence-corrected chi connectivity index (χ4v) is 2.69. The molecule has 1 fully saturated rings. The summed E-state index contributed by atoms with van der Waals surface area (Å²) in [6, 6.07) is 0.460. The van der Waals surface area contributed by atoms with Crippen molar-refractivity contribution in [1.82, 2.24) is 9.97 Å². The van der Waals surface area contributed by atoms with Crippen LogP contribution in [0.15, 0.2) is 6.20 Å². The predicted octanol–water partition coefficient (Wildman–Crippen LogP) is 3.94. The largest absolute Gasteiger partial charge is 0.366 e. The summed E-state index contributed by atoms with van der Waals surface area (Å²) in [7, 11) is 0. The lowest BCUT2D eigenvalue weighted by Gasteiger charge is -2.18. The molecule has 0 spiro atoms. The maximum atomic E-state index is 6.16. The van der Waals surface area contributed by atoms with Gasteiger partial charge < -0.3 is 10.6 Å². The zero-order chi connectivity index (χ0) is 13.9. The second-order valence-electron chi connectivity index (χ2n) is 6.07. The number of rotatable bonds is 5. The highest BCUT2D eigenvalue weighted by Crippen LogP contribution is 2.38. The first kappa shape index (κ1) is 14.4. The molecule has 2 N–H and O–H groups in total. The molecule has 19 heavy (non-hydrogen) atoms. The molecule has 0 bridgehead atoms. The third-order valence-corrected chi connectivity index (χ3v) is 3.86. The van der Waals surface area contributed by atoms with E-state index in [1.165, 1.54) is 12.8 Å². The van der Waals surface area contributed by atoms with E-state index in [0.717, 1.165) is 25.2 Å². The average Bonchev–Trinajstić information content (AvgIpc) is 2.70. The highest BCUT2D eigenvalue weighted by atomic mass is 35.5. The van der Waals surface area contributed by atoms with Crippen molar-refractivity contribution in [2.45, 2.75) is 52.5 Å². The number of aromatic nitrogens is 2. The number of hydrogen-bond donors (Lipinski definition) is 2. The van der Waals surface area contributed by atoms with Gasteiger partial charge in [0.1, 0.15) is 5.02 Å². The molecule has 4 nitrogen and oxygen atoms in total. The van der Waals surface area contributed by atoms with Gasteiger partial charge in [-0.25, -0.2) is 4.98 Å². The lowest BCUT2D eigenvalue weighted by molar-refractivity contribution is 0.378. The van der Waals surface area contributed by atoms with Crippen molar-refractivity contribution in [3.63, 3.8) is 0 Å². The maximum absolute atomic E-state index is 6.16. The normalized spacial score (nSPS) is 21.4. The van der Waals surface area contributed by atoms with Crippen LogP contribution in [0, 0.1) is 5.41 Å². The molecule has 2 rings (SSSR count). The van der Waals surface area contributed by atoms with Crippen LogP contribution in [0.2, 0.25) is 5.02 Å². The van der Waals surface area contributed by atoms with Gasteiger partial charge in [0.2, 0.25) is 5.95 Å². The molecule has 1 aromatic rings. The Morgan fingerprint density at radius 3 is 2.89 bits per heavy atom. The first-order valence-electron chi connectivity index (χ1n) is 7.03. The van der Waals surface area contributed by atoms with Gasteiger partial charge in [0, 0.05) is 12.6 Å². The summed E-state index contributed by atoms with van der Waals surface area (Å²) in [6.07, 6.45) is 6.28. The van der Waals surface area contributed by atoms with Crippen molar-refractivity contribution in [3.8, 4) is 0 Å². The summed E-state index contributed by atoms with van der Waals surface area (Å²) in [5.41, 5.74) is 0.417. The Kier molecular flexibility index (Phi) is 4.50. The first-order valence-corrected chi connectivity index (χ1v) is 7.41. The second kappa shape index (κ2) is 5.95. The molecule has 1 aliphatic rings. The fourth-order valence-electron chi connectivity index (χ4n) is 2.54. The monoisotopic (exact) mass is 282 g/mol. The van der Waals surface area contributed by atoms with E-state index in [2.05, 4.69) is 41.4 Å². The van der Waals surface area contributed by atoms with Crippen molar-refractivity contribution < 1.29 is 0 Å². The van der Waals surface area contributed by atoms with Crippen molar-refractivity contribution in [3.05, 3.63) is 11.2 Å². The minimum Gasteiger partial charge on any atom is -0.366 e. The van der Waals surface area contributed by atoms with Crippen LogP contribution in [0.3, 0.4) is 0 Å². The van der Waals surface area contributed by atoms with Crippen LogP contribution in [0.5, 0.6) is 0 Å². The van der Waals surface area contributed by atoms with E-state index in [1.807, 2.05) is 0 Å². The van der Waals surface area contributed by atoms with E-state index in [4.69, 9.17) is 11.6 Å². The zero-order valence-electron chi connectivity index (χ0n) is 12.0. The van der Waals surface area contributed by atoms with Crippen LogP contribution >= 0.6 is 11.6 Å². The average molecular weight is 283 g/mol. The van der Waals surface area contributed by atoms with Crippen LogP contribution in [-0.4, -0.2) is 22.6 Å². The SMILES string of the molecule is CCCNc1ncc(Cl)c(NC2CCC(C)(C)C2)n1. The van der Waals surface area contributed by atoms with Gasteiger partial charge in [0.25, 0.3) is 0 Å². The minimum atomic E-state index is 0.417. The molecule has 0 amide bonds. The Hall–Kier alpha value is -1.03. The molecule has 0 radical (unpaired) electrons. The van der Waals surface area contributed by atoms with E-state index in [9.17, 15) is 0 Å². The van der Waals surface area contributed by atoms with Crippen LogP contribution in [0.25, 0.3) is 0 Å². The van der Waals surface area contributed by atoms with Gasteiger partial charge in [-0.2, -0.15) is 4.98 Å². The van der Waals surface area contributed by atoms with Gasteiger partial charge in [-0.1, -0.05) is 32.4 Å². The van der Waals surface area contributed by atoms with Crippen molar-refractivity contribution >= 4 is 23.4 Å². The number of hydrogen-bond acceptors (Lipinski definition) is 4. The molecular weight excluding hydrogens is 260 g/mol. The Morgan fingerprint density at radius 2 is 2.26 bits per heavy atom. The quantitative estimate of drug-likeness (QED) is 0.859. The number of nitrogens with one attached hydrogen (secondary N) is 2. The summed E-state index contributed by atoms with van der Waals surface area (Å²) in [5.74, 6) is 1.39. The molecule has 1 atom stereocenters. The van der Waals surface area contributed by atoms with E-state index in [-0.39, 0.29) is 0 Å². The number of nitrogens with zero attached hydrogens (tertiary/aromatic N) is 2. The fraction of sp³-hybridized carbons (Fsp3) is 0.714. The molecular formula is C14H23ClN4. The third-order valence-electron chi connectivity index (χ3n) is 3.59. The first-order chi connectivity index (χ1) is 9.00. The molecule has 1 aromatic heterocycles. The van der Waals surface area contributed by atoms with Gasteiger partial charge in [-0.05, 0) is 31.1 Å². The summed E-state index contributed by atoms with van der Waals surface area (Å²) in [4.78, 5) is 8.64. The van der Waals surface area contributed by atoms with E-state index in [0.29, 0.717) is 22.4 Å². The molecule has 0 aromatic carbocycles. The summed E-state index contributed by atoms with van der Waals surface area (Å²) < 4.78 is 0. The third kappa shape index (κ3) is 3.96. The smallest absolute Gasteiger partial charge is 0.224 e. The van der Waals surface area contributed by atoms with E-state index < -0.39 is 0 Å². The highest BCUT2D eigenvalue weighted by Gasteiger charge is 2.31. The standard InChI is InChI=1S/C14H23ClN4/c1-4-7-16-13-17-9-11(15)12(19-13)18-10-5-6-14(2,3)8-10/h9-10H,4-8H2,1-3H3,(H2,16,17,18,19). The Bertz CT molecular complexity index is 433. The summed E-state index contributed by atoms with van der Waals surface area (Å²) in [6.45, 7) is 7.61. The predicted molar refractivity (Wildman–Crippen MR) is 80.9 cm³/mol. The lowest BCUT2D eigenvalue weighted by Crippen LogP contribution is -2.19. The van der Waals surface area contributed by atoms with Crippen LogP contribution in [0.1, 0.15) is 46.5 Å². The highest BCUT2D eigenvalue weighted by molar-refractivity contribution is 6.32. The van der Waals surface area contributed by atoms with Gasteiger partial charge >= 0.3 is 0 Å². The van der Waals surface area contributed by atoms with Gasteiger partial charge in [-0.3, -0.25) is 0 Å². The molecule has 0 saturated heterocycles. The zero-order valence-corrected chi connectivity index (χ0v) is 12.7. The van der Waals surface area contributed by atoms with E-state index in [1.54, 1.807) is 6.20 Å². The van der Waals surface area contributed by atoms with Crippen molar-refractivity contribution in [2.75, 3.05) is 17.2 Å². The summed E-state index contributed by atoms with van der Waals surface area (Å²) in [5, 5.41) is 7.23. The lowest BCUT2D eigenvalue weighted by atomic mass is 9.92. The molecule has 5 heteroatoms. The number of anilines is 2. The molecule has 1 aliphatic carbocycles. The Balaban J connectivity index is 2.03. The van der Waals surface area contributed by atoms with E-state index >= 15 is 0 Å². The molecule has 1 unspecified atom stereocenters. The molecule has 1 heterocycles. The minimum absolute atomic E-state index is 0.417. The van der Waals surface area contributed by atoms with Crippen molar-refractivity contribution in [1.29, 1.82) is 0 Å².